The number of rotatable bonds is 4. The van der Waals surface area contributed by atoms with Crippen LogP contribution in [0, 0.1) is 6.92 Å². The Hall–Kier alpha value is -1.16. The van der Waals surface area contributed by atoms with Crippen molar-refractivity contribution in [1.82, 2.24) is 0 Å². The molecule has 0 aliphatic heterocycles. The molecule has 1 unspecified atom stereocenters. The van der Waals surface area contributed by atoms with Gasteiger partial charge in [0.2, 0.25) is 0 Å². The lowest BCUT2D eigenvalue weighted by atomic mass is 10.1. The van der Waals surface area contributed by atoms with Crippen molar-refractivity contribution in [2.45, 2.75) is 26.3 Å². The molecular formula is C11H15F2NO. The van der Waals surface area contributed by atoms with E-state index in [1.807, 2.05) is 19.9 Å². The summed E-state index contributed by atoms with van der Waals surface area (Å²) in [5.74, 6) is 0.447. The molecule has 0 spiro atoms. The van der Waals surface area contributed by atoms with Crippen LogP contribution in [0.3, 0.4) is 0 Å². The highest BCUT2D eigenvalue weighted by Gasteiger charge is 2.06. The molecule has 0 bridgehead atoms. The van der Waals surface area contributed by atoms with Crippen molar-refractivity contribution in [3.63, 3.8) is 0 Å². The van der Waals surface area contributed by atoms with Crippen LogP contribution in [0.4, 0.5) is 8.78 Å². The number of hydrogen-bond donors (Lipinski definition) is 1. The lowest BCUT2D eigenvalue weighted by molar-refractivity contribution is 0.0818. The minimum Gasteiger partial charge on any atom is -0.488 e. The molecule has 0 aliphatic carbocycles. The van der Waals surface area contributed by atoms with E-state index in [4.69, 9.17) is 10.5 Å². The fraction of sp³-hybridized carbons (Fsp3) is 0.455. The predicted molar refractivity (Wildman–Crippen MR) is 55.3 cm³/mol. The van der Waals surface area contributed by atoms with Crippen molar-refractivity contribution >= 4 is 0 Å². The molecule has 0 fully saturated rings. The monoisotopic (exact) mass is 215 g/mol. The van der Waals surface area contributed by atoms with Crippen molar-refractivity contribution in [1.29, 1.82) is 0 Å². The van der Waals surface area contributed by atoms with Crippen LogP contribution in [0.5, 0.6) is 5.75 Å². The number of benzene rings is 1. The van der Waals surface area contributed by atoms with E-state index in [9.17, 15) is 8.78 Å². The Morgan fingerprint density at radius 3 is 2.53 bits per heavy atom. The second kappa shape index (κ2) is 5.07. The van der Waals surface area contributed by atoms with Crippen molar-refractivity contribution in [3.05, 3.63) is 29.3 Å². The van der Waals surface area contributed by atoms with E-state index in [-0.39, 0.29) is 6.04 Å². The van der Waals surface area contributed by atoms with Crippen LogP contribution in [0.15, 0.2) is 18.2 Å². The van der Waals surface area contributed by atoms with E-state index < -0.39 is 13.0 Å². The van der Waals surface area contributed by atoms with Crippen LogP contribution in [0.2, 0.25) is 0 Å². The normalized spacial score (nSPS) is 12.9. The SMILES string of the molecule is Cc1cc(OCC(F)F)cc(C(C)N)c1. The molecule has 0 heterocycles. The molecule has 4 heteroatoms. The van der Waals surface area contributed by atoms with Crippen molar-refractivity contribution in [2.24, 2.45) is 5.73 Å². The molecule has 84 valence electrons. The van der Waals surface area contributed by atoms with E-state index in [0.717, 1.165) is 11.1 Å². The van der Waals surface area contributed by atoms with Gasteiger partial charge in [0.15, 0.2) is 0 Å². The molecule has 0 aliphatic rings. The maximum atomic E-state index is 11.9. The number of nitrogens with two attached hydrogens (primary N) is 1. The van der Waals surface area contributed by atoms with Gasteiger partial charge in [0.05, 0.1) is 0 Å². The van der Waals surface area contributed by atoms with Gasteiger partial charge in [0, 0.05) is 6.04 Å². The predicted octanol–water partition coefficient (Wildman–Crippen LogP) is 2.66. The second-order valence-corrected chi connectivity index (χ2v) is 3.57. The summed E-state index contributed by atoms with van der Waals surface area (Å²) < 4.78 is 28.8. The molecule has 0 saturated carbocycles. The Kier molecular flexibility index (Phi) is 4.03. The molecular weight excluding hydrogens is 200 g/mol. The maximum Gasteiger partial charge on any atom is 0.272 e. The molecule has 1 aromatic carbocycles. The summed E-state index contributed by atoms with van der Waals surface area (Å²) >= 11 is 0. The number of aryl methyl sites for hydroxylation is 1. The molecule has 15 heavy (non-hydrogen) atoms. The van der Waals surface area contributed by atoms with Crippen LogP contribution >= 0.6 is 0 Å². The molecule has 1 atom stereocenters. The molecule has 0 radical (unpaired) electrons. The van der Waals surface area contributed by atoms with Gasteiger partial charge in [-0.1, -0.05) is 6.07 Å². The first-order valence-corrected chi connectivity index (χ1v) is 4.77. The van der Waals surface area contributed by atoms with E-state index in [0.29, 0.717) is 5.75 Å². The smallest absolute Gasteiger partial charge is 0.272 e. The molecule has 0 aromatic heterocycles. The summed E-state index contributed by atoms with van der Waals surface area (Å²) in [7, 11) is 0. The van der Waals surface area contributed by atoms with Gasteiger partial charge in [-0.2, -0.15) is 0 Å². The number of hydrogen-bond acceptors (Lipinski definition) is 2. The fourth-order valence-corrected chi connectivity index (χ4v) is 1.28. The average molecular weight is 215 g/mol. The van der Waals surface area contributed by atoms with Crippen molar-refractivity contribution < 1.29 is 13.5 Å². The molecule has 1 rings (SSSR count). The Morgan fingerprint density at radius 2 is 2.00 bits per heavy atom. The van der Waals surface area contributed by atoms with Crippen LogP contribution in [0.1, 0.15) is 24.1 Å². The van der Waals surface area contributed by atoms with E-state index in [1.165, 1.54) is 0 Å². The molecule has 2 nitrogen and oxygen atoms in total. The molecule has 0 amide bonds. The van der Waals surface area contributed by atoms with Gasteiger partial charge in [-0.05, 0) is 37.1 Å². The highest BCUT2D eigenvalue weighted by atomic mass is 19.3. The highest BCUT2D eigenvalue weighted by molar-refractivity contribution is 5.35. The topological polar surface area (TPSA) is 35.2 Å². The van der Waals surface area contributed by atoms with E-state index >= 15 is 0 Å². The van der Waals surface area contributed by atoms with Crippen LogP contribution in [-0.4, -0.2) is 13.0 Å². The Bertz CT molecular complexity index is 326. The Labute approximate surface area is 88.0 Å². The fourth-order valence-electron chi connectivity index (χ4n) is 1.28. The summed E-state index contributed by atoms with van der Waals surface area (Å²) in [5.41, 5.74) is 7.54. The quantitative estimate of drug-likeness (QED) is 0.838. The van der Waals surface area contributed by atoms with Gasteiger partial charge in [-0.15, -0.1) is 0 Å². The number of ether oxygens (including phenoxy) is 1. The third-order valence-electron chi connectivity index (χ3n) is 1.97. The van der Waals surface area contributed by atoms with Gasteiger partial charge in [0.25, 0.3) is 6.43 Å². The number of alkyl halides is 2. The first kappa shape index (κ1) is 11.9. The van der Waals surface area contributed by atoms with Crippen LogP contribution < -0.4 is 10.5 Å². The average Bonchev–Trinajstić information content (AvgIpc) is 2.13. The zero-order chi connectivity index (χ0) is 11.4. The minimum absolute atomic E-state index is 0.126. The van der Waals surface area contributed by atoms with E-state index in [1.54, 1.807) is 12.1 Å². The third-order valence-corrected chi connectivity index (χ3v) is 1.97. The largest absolute Gasteiger partial charge is 0.488 e. The van der Waals surface area contributed by atoms with Crippen molar-refractivity contribution in [3.8, 4) is 5.75 Å². The zero-order valence-electron chi connectivity index (χ0n) is 8.84. The molecule has 1 aromatic rings. The second-order valence-electron chi connectivity index (χ2n) is 3.57. The highest BCUT2D eigenvalue weighted by Crippen LogP contribution is 2.20. The Balaban J connectivity index is 2.79. The van der Waals surface area contributed by atoms with Gasteiger partial charge in [-0.25, -0.2) is 8.78 Å². The summed E-state index contributed by atoms with van der Waals surface area (Å²) in [6.07, 6.45) is -2.45. The van der Waals surface area contributed by atoms with Crippen LogP contribution in [-0.2, 0) is 0 Å². The summed E-state index contributed by atoms with van der Waals surface area (Å²) in [5, 5.41) is 0. The van der Waals surface area contributed by atoms with Gasteiger partial charge in [0.1, 0.15) is 12.4 Å². The zero-order valence-corrected chi connectivity index (χ0v) is 8.84. The maximum absolute atomic E-state index is 11.9. The van der Waals surface area contributed by atoms with Gasteiger partial charge >= 0.3 is 0 Å². The minimum atomic E-state index is -2.45. The van der Waals surface area contributed by atoms with Gasteiger partial charge < -0.3 is 10.5 Å². The standard InChI is InChI=1S/C11H15F2NO/c1-7-3-9(8(2)14)5-10(4-7)15-6-11(12)13/h3-5,8,11H,6,14H2,1-2H3. The Morgan fingerprint density at radius 1 is 1.33 bits per heavy atom. The van der Waals surface area contributed by atoms with E-state index in [2.05, 4.69) is 0 Å². The summed E-state index contributed by atoms with van der Waals surface area (Å²) in [6, 6.07) is 5.20. The molecule has 0 saturated heterocycles. The van der Waals surface area contributed by atoms with Crippen LogP contribution in [0.25, 0.3) is 0 Å². The number of halogens is 2. The lowest BCUT2D eigenvalue weighted by Gasteiger charge is -2.11. The van der Waals surface area contributed by atoms with Crippen molar-refractivity contribution in [2.75, 3.05) is 6.61 Å². The van der Waals surface area contributed by atoms with Gasteiger partial charge in [-0.3, -0.25) is 0 Å². The first-order chi connectivity index (χ1) is 6.99. The summed E-state index contributed by atoms with van der Waals surface area (Å²) in [6.45, 7) is 3.13. The molecule has 2 N–H and O–H groups in total. The first-order valence-electron chi connectivity index (χ1n) is 4.77. The lowest BCUT2D eigenvalue weighted by Crippen LogP contribution is -2.09. The third kappa shape index (κ3) is 3.83. The summed E-state index contributed by atoms with van der Waals surface area (Å²) in [4.78, 5) is 0.